The van der Waals surface area contributed by atoms with E-state index in [2.05, 4.69) is 5.32 Å². The predicted octanol–water partition coefficient (Wildman–Crippen LogP) is 5.16. The van der Waals surface area contributed by atoms with Crippen LogP contribution in [0.1, 0.15) is 29.2 Å². The molecule has 1 N–H and O–H groups in total. The number of nitrogens with zero attached hydrogens (tertiary/aromatic N) is 3. The smallest absolute Gasteiger partial charge is 0.240 e. The van der Waals surface area contributed by atoms with Crippen molar-refractivity contribution in [3.05, 3.63) is 89.7 Å². The van der Waals surface area contributed by atoms with E-state index in [1.807, 2.05) is 48.5 Å². The van der Waals surface area contributed by atoms with Crippen LogP contribution in [0.2, 0.25) is 0 Å². The Labute approximate surface area is 259 Å². The Bertz CT molecular complexity index is 1640. The van der Waals surface area contributed by atoms with Crippen LogP contribution in [0.25, 0.3) is 16.9 Å². The van der Waals surface area contributed by atoms with Gasteiger partial charge in [0.15, 0.2) is 11.5 Å². The highest BCUT2D eigenvalue weighted by atomic mass is 32.2. The Hall–Kier alpha value is -4.35. The molecule has 4 aromatic rings. The lowest BCUT2D eigenvalue weighted by molar-refractivity contribution is -0.123. The average Bonchev–Trinajstić information content (AvgIpc) is 3.69. The number of hydrogen-bond donors (Lipinski definition) is 1. The number of amides is 2. The first-order valence-electron chi connectivity index (χ1n) is 14.4. The van der Waals surface area contributed by atoms with Crippen LogP contribution in [0.5, 0.6) is 11.5 Å². The molecule has 44 heavy (non-hydrogen) atoms. The van der Waals surface area contributed by atoms with Gasteiger partial charge in [-0.2, -0.15) is 5.10 Å². The van der Waals surface area contributed by atoms with Crippen LogP contribution in [0.4, 0.5) is 10.2 Å². The average molecular weight is 617 g/mol. The van der Waals surface area contributed by atoms with Crippen LogP contribution in [0.3, 0.4) is 0 Å². The van der Waals surface area contributed by atoms with E-state index in [1.165, 1.54) is 28.8 Å². The summed E-state index contributed by atoms with van der Waals surface area (Å²) < 4.78 is 32.4. The summed E-state index contributed by atoms with van der Waals surface area (Å²) in [5.74, 6) is 0.774. The van der Waals surface area contributed by atoms with Crippen molar-refractivity contribution in [3.63, 3.8) is 0 Å². The second-order valence-electron chi connectivity index (χ2n) is 10.6. The molecule has 3 heterocycles. The quantitative estimate of drug-likeness (QED) is 0.278. The normalized spacial score (nSPS) is 18.1. The Morgan fingerprint density at radius 2 is 1.84 bits per heavy atom. The Morgan fingerprint density at radius 3 is 2.55 bits per heavy atom. The molecule has 0 radical (unpaired) electrons. The monoisotopic (exact) mass is 616 g/mol. The first-order valence-corrected chi connectivity index (χ1v) is 15.5. The maximum Gasteiger partial charge on any atom is 0.240 e. The van der Waals surface area contributed by atoms with Gasteiger partial charge in [-0.3, -0.25) is 14.5 Å². The van der Waals surface area contributed by atoms with Crippen molar-refractivity contribution in [2.24, 2.45) is 0 Å². The van der Waals surface area contributed by atoms with Crippen LogP contribution >= 0.6 is 11.8 Å². The third-order valence-corrected chi connectivity index (χ3v) is 9.03. The summed E-state index contributed by atoms with van der Waals surface area (Å²) in [6, 6.07) is 21.3. The second kappa shape index (κ2) is 13.1. The zero-order valence-electron chi connectivity index (χ0n) is 24.5. The molecular weight excluding hydrogens is 583 g/mol. The molecule has 2 aliphatic heterocycles. The van der Waals surface area contributed by atoms with E-state index in [4.69, 9.17) is 19.3 Å². The minimum Gasteiger partial charge on any atom is -0.493 e. The summed E-state index contributed by atoms with van der Waals surface area (Å²) in [6.07, 6.45) is 1.81. The van der Waals surface area contributed by atoms with Gasteiger partial charge in [-0.25, -0.2) is 9.07 Å². The van der Waals surface area contributed by atoms with Crippen molar-refractivity contribution in [1.29, 1.82) is 0 Å². The fraction of sp³-hybridized carbons (Fsp3) is 0.303. The summed E-state index contributed by atoms with van der Waals surface area (Å²) in [4.78, 5) is 28.7. The lowest BCUT2D eigenvalue weighted by Gasteiger charge is -2.23. The maximum atomic E-state index is 14.0. The molecule has 1 aromatic heterocycles. The number of nitrogens with one attached hydrogen (secondary N) is 1. The number of methoxy groups -OCH3 is 2. The van der Waals surface area contributed by atoms with E-state index in [0.717, 1.165) is 29.5 Å². The number of ether oxygens (including phenoxy) is 3. The highest BCUT2D eigenvalue weighted by molar-refractivity contribution is 8.00. The molecular formula is C33H33FN4O5S. The zero-order valence-corrected chi connectivity index (χ0v) is 25.3. The van der Waals surface area contributed by atoms with Gasteiger partial charge < -0.3 is 19.5 Å². The molecule has 0 spiro atoms. The zero-order chi connectivity index (χ0) is 30.6. The van der Waals surface area contributed by atoms with Gasteiger partial charge >= 0.3 is 0 Å². The number of carbonyl (C=O) groups excluding carboxylic acids is 2. The van der Waals surface area contributed by atoms with E-state index < -0.39 is 5.82 Å². The molecule has 11 heteroatoms. The van der Waals surface area contributed by atoms with Crippen LogP contribution < -0.4 is 19.7 Å². The van der Waals surface area contributed by atoms with Gasteiger partial charge in [0, 0.05) is 24.3 Å². The van der Waals surface area contributed by atoms with Gasteiger partial charge in [0.2, 0.25) is 11.8 Å². The van der Waals surface area contributed by atoms with Gasteiger partial charge in [0.05, 0.1) is 42.7 Å². The topological polar surface area (TPSA) is 94.9 Å². The van der Waals surface area contributed by atoms with Crippen LogP contribution in [0.15, 0.2) is 72.8 Å². The van der Waals surface area contributed by atoms with Gasteiger partial charge in [-0.15, -0.1) is 11.8 Å². The minimum atomic E-state index is -0.393. The van der Waals surface area contributed by atoms with Crippen molar-refractivity contribution in [1.82, 2.24) is 15.1 Å². The number of carbonyl (C=O) groups is 2. The van der Waals surface area contributed by atoms with Crippen molar-refractivity contribution in [2.45, 2.75) is 24.2 Å². The van der Waals surface area contributed by atoms with Crippen molar-refractivity contribution < 1.29 is 28.2 Å². The SMILES string of the molecule is COc1ccc(C2SCC(=O)N(CC(=O)NCC3CCCO3)c3c2c(-c2ccccc2)nn3-c2ccc(F)cc2)cc1OC. The Balaban J connectivity index is 1.52. The molecule has 9 nitrogen and oxygen atoms in total. The number of benzene rings is 3. The van der Waals surface area contributed by atoms with Crippen molar-refractivity contribution >= 4 is 29.4 Å². The van der Waals surface area contributed by atoms with Crippen LogP contribution in [0, 0.1) is 5.82 Å². The lowest BCUT2D eigenvalue weighted by Crippen LogP contribution is -2.44. The summed E-state index contributed by atoms with van der Waals surface area (Å²) in [7, 11) is 3.16. The van der Waals surface area contributed by atoms with E-state index in [1.54, 1.807) is 31.0 Å². The lowest BCUT2D eigenvalue weighted by atomic mass is 9.99. The Kier molecular flexibility index (Phi) is 8.85. The van der Waals surface area contributed by atoms with Gasteiger partial charge in [0.25, 0.3) is 0 Å². The summed E-state index contributed by atoms with van der Waals surface area (Å²) in [6.45, 7) is 0.852. The van der Waals surface area contributed by atoms with Crippen molar-refractivity contribution in [3.8, 4) is 28.4 Å². The number of anilines is 1. The molecule has 3 aromatic carbocycles. The molecule has 2 aliphatic rings. The third-order valence-electron chi connectivity index (χ3n) is 7.77. The number of thioether (sulfide) groups is 1. The van der Waals surface area contributed by atoms with Gasteiger partial charge in [-0.05, 0) is 54.8 Å². The molecule has 0 bridgehead atoms. The predicted molar refractivity (Wildman–Crippen MR) is 167 cm³/mol. The number of rotatable bonds is 9. The van der Waals surface area contributed by atoms with Crippen LogP contribution in [-0.2, 0) is 14.3 Å². The van der Waals surface area contributed by atoms with Crippen molar-refractivity contribution in [2.75, 3.05) is 44.6 Å². The minimum absolute atomic E-state index is 0.0336. The first-order chi connectivity index (χ1) is 21.5. The molecule has 1 saturated heterocycles. The fourth-order valence-corrected chi connectivity index (χ4v) is 6.79. The van der Waals surface area contributed by atoms with Gasteiger partial charge in [-0.1, -0.05) is 36.4 Å². The Morgan fingerprint density at radius 1 is 1.07 bits per heavy atom. The third kappa shape index (κ3) is 6.02. The molecule has 2 unspecified atom stereocenters. The number of halogens is 1. The molecule has 0 saturated carbocycles. The van der Waals surface area contributed by atoms with E-state index in [9.17, 15) is 14.0 Å². The molecule has 2 atom stereocenters. The number of aromatic nitrogens is 2. The highest BCUT2D eigenvalue weighted by Crippen LogP contribution is 2.49. The standard InChI is InChI=1S/C33H33FN4O5S/c1-41-26-15-10-22(17-27(26)42-2)32-30-31(21-7-4-3-5-8-21)36-38(24-13-11-23(34)12-14-24)33(30)37(29(40)20-44-32)19-28(39)35-18-25-9-6-16-43-25/h3-5,7-8,10-15,17,25,32H,6,9,16,18-20H2,1-2H3,(H,35,39). The van der Waals surface area contributed by atoms with E-state index >= 15 is 0 Å². The van der Waals surface area contributed by atoms with Gasteiger partial charge in [0.1, 0.15) is 18.2 Å². The molecule has 1 fully saturated rings. The maximum absolute atomic E-state index is 14.0. The summed E-state index contributed by atoms with van der Waals surface area (Å²) >= 11 is 1.45. The number of fused-ring (bicyclic) bond motifs is 1. The van der Waals surface area contributed by atoms with E-state index in [0.29, 0.717) is 41.8 Å². The molecule has 0 aliphatic carbocycles. The summed E-state index contributed by atoms with van der Waals surface area (Å²) in [5, 5.41) is 7.62. The first kappa shape index (κ1) is 29.7. The number of hydrogen-bond acceptors (Lipinski definition) is 7. The van der Waals surface area contributed by atoms with E-state index in [-0.39, 0.29) is 35.5 Å². The highest BCUT2D eigenvalue weighted by Gasteiger charge is 2.38. The summed E-state index contributed by atoms with van der Waals surface area (Å²) in [5.41, 5.74) is 3.68. The largest absolute Gasteiger partial charge is 0.493 e. The second-order valence-corrected chi connectivity index (χ2v) is 11.7. The molecule has 228 valence electrons. The molecule has 2 amide bonds. The fourth-order valence-electron chi connectivity index (χ4n) is 5.60. The van der Waals surface area contributed by atoms with Crippen LogP contribution in [-0.4, -0.2) is 67.4 Å². The molecule has 6 rings (SSSR count).